The van der Waals surface area contributed by atoms with Gasteiger partial charge in [0.15, 0.2) is 0 Å². The van der Waals surface area contributed by atoms with E-state index in [4.69, 9.17) is 0 Å². The molecule has 1 aromatic rings. The zero-order chi connectivity index (χ0) is 9.26. The molecule has 0 aromatic carbocycles. The highest BCUT2D eigenvalue weighted by molar-refractivity contribution is 5.47. The molecule has 1 aromatic heterocycles. The lowest BCUT2D eigenvalue weighted by Gasteiger charge is -2.08. The smallest absolute Gasteiger partial charge is 0.0419 e. The first kappa shape index (κ1) is 8.36. The van der Waals surface area contributed by atoms with Gasteiger partial charge in [-0.05, 0) is 30.5 Å². The zero-order valence-electron chi connectivity index (χ0n) is 8.17. The van der Waals surface area contributed by atoms with Crippen LogP contribution in [-0.4, -0.2) is 4.98 Å². The summed E-state index contributed by atoms with van der Waals surface area (Å²) in [6.45, 7) is 4.43. The molecule has 1 nitrogen and oxygen atoms in total. The van der Waals surface area contributed by atoms with Gasteiger partial charge in [-0.15, -0.1) is 0 Å². The fraction of sp³-hybridized carbons (Fsp3) is 0.333. The number of nitrogens with one attached hydrogen (secondary N) is 1. The first-order valence-electron chi connectivity index (χ1n) is 4.85. The number of fused-ring (bicyclic) bond motifs is 1. The fourth-order valence-electron chi connectivity index (χ4n) is 1.80. The summed E-state index contributed by atoms with van der Waals surface area (Å²) in [7, 11) is 0. The van der Waals surface area contributed by atoms with E-state index in [1.807, 2.05) is 6.20 Å². The van der Waals surface area contributed by atoms with Crippen LogP contribution in [0.3, 0.4) is 0 Å². The predicted molar refractivity (Wildman–Crippen MR) is 56.5 cm³/mol. The molecule has 0 spiro atoms. The van der Waals surface area contributed by atoms with Crippen LogP contribution >= 0.6 is 0 Å². The van der Waals surface area contributed by atoms with Gasteiger partial charge in [0.1, 0.15) is 0 Å². The third-order valence-corrected chi connectivity index (χ3v) is 2.73. The van der Waals surface area contributed by atoms with E-state index in [9.17, 15) is 0 Å². The molecule has 0 bridgehead atoms. The van der Waals surface area contributed by atoms with E-state index >= 15 is 0 Å². The second kappa shape index (κ2) is 3.25. The van der Waals surface area contributed by atoms with Gasteiger partial charge in [0, 0.05) is 11.5 Å². The number of allylic oxidation sites excluding steroid dienone is 2. The zero-order valence-corrected chi connectivity index (χ0v) is 8.17. The Morgan fingerprint density at radius 2 is 2.23 bits per heavy atom. The monoisotopic (exact) mass is 173 g/mol. The van der Waals surface area contributed by atoms with Crippen molar-refractivity contribution in [3.05, 3.63) is 34.5 Å². The summed E-state index contributed by atoms with van der Waals surface area (Å²) in [5.41, 5.74) is 1.45. The van der Waals surface area contributed by atoms with Crippen LogP contribution in [0.2, 0.25) is 0 Å². The lowest BCUT2D eigenvalue weighted by atomic mass is 9.98. The van der Waals surface area contributed by atoms with E-state index < -0.39 is 0 Å². The Bertz CT molecular complexity index is 434. The maximum Gasteiger partial charge on any atom is 0.0419 e. The molecular weight excluding hydrogens is 158 g/mol. The molecule has 1 aliphatic carbocycles. The van der Waals surface area contributed by atoms with Crippen molar-refractivity contribution >= 4 is 12.2 Å². The molecule has 0 radical (unpaired) electrons. The average Bonchev–Trinajstić information content (AvgIpc) is 2.52. The molecule has 1 atom stereocenters. The van der Waals surface area contributed by atoms with Gasteiger partial charge in [-0.1, -0.05) is 30.7 Å². The van der Waals surface area contributed by atoms with Crippen molar-refractivity contribution in [2.24, 2.45) is 5.92 Å². The minimum Gasteiger partial charge on any atom is -0.361 e. The highest BCUT2D eigenvalue weighted by atomic mass is 14.6. The Morgan fingerprint density at radius 1 is 1.38 bits per heavy atom. The summed E-state index contributed by atoms with van der Waals surface area (Å²) >= 11 is 0. The largest absolute Gasteiger partial charge is 0.361 e. The van der Waals surface area contributed by atoms with Crippen molar-refractivity contribution in [2.75, 3.05) is 0 Å². The summed E-state index contributed by atoms with van der Waals surface area (Å²) < 4.78 is 0. The number of aromatic amines is 1. The highest BCUT2D eigenvalue weighted by Crippen LogP contribution is 2.16. The Labute approximate surface area is 78.5 Å². The van der Waals surface area contributed by atoms with Crippen molar-refractivity contribution in [3.8, 4) is 0 Å². The first-order valence-corrected chi connectivity index (χ1v) is 4.85. The van der Waals surface area contributed by atoms with Gasteiger partial charge in [-0.3, -0.25) is 0 Å². The molecule has 1 aliphatic rings. The van der Waals surface area contributed by atoms with Crippen LogP contribution in [-0.2, 0) is 0 Å². The van der Waals surface area contributed by atoms with Crippen molar-refractivity contribution in [1.29, 1.82) is 0 Å². The SMILES string of the molecule is CCC1C=c2[nH]ccc2=CC=C1C. The van der Waals surface area contributed by atoms with Crippen LogP contribution in [0.25, 0.3) is 12.2 Å². The second-order valence-electron chi connectivity index (χ2n) is 3.61. The van der Waals surface area contributed by atoms with Gasteiger partial charge >= 0.3 is 0 Å². The van der Waals surface area contributed by atoms with Crippen LogP contribution in [0, 0.1) is 5.92 Å². The highest BCUT2D eigenvalue weighted by Gasteiger charge is 2.05. The van der Waals surface area contributed by atoms with Crippen LogP contribution in [0.15, 0.2) is 23.9 Å². The van der Waals surface area contributed by atoms with E-state index in [-0.39, 0.29) is 0 Å². The van der Waals surface area contributed by atoms with Gasteiger partial charge in [0.2, 0.25) is 0 Å². The van der Waals surface area contributed by atoms with Gasteiger partial charge in [0.05, 0.1) is 0 Å². The molecule has 1 heterocycles. The molecule has 13 heavy (non-hydrogen) atoms. The number of hydrogen-bond acceptors (Lipinski definition) is 0. The molecule has 1 unspecified atom stereocenters. The molecule has 1 N–H and O–H groups in total. The Hall–Kier alpha value is -1.24. The standard InChI is InChI=1S/C12H15N/c1-3-10-8-12-11(6-7-13-12)5-4-9(10)2/h4-8,10,13H,3H2,1-2H3. The van der Waals surface area contributed by atoms with Gasteiger partial charge in [-0.25, -0.2) is 0 Å². The molecule has 0 saturated heterocycles. The molecule has 0 amide bonds. The van der Waals surface area contributed by atoms with Crippen molar-refractivity contribution in [1.82, 2.24) is 4.98 Å². The Kier molecular flexibility index (Phi) is 2.09. The first-order chi connectivity index (χ1) is 6.31. The van der Waals surface area contributed by atoms with E-state index in [0.29, 0.717) is 5.92 Å². The van der Waals surface area contributed by atoms with Gasteiger partial charge < -0.3 is 4.98 Å². The molecule has 1 heteroatoms. The third-order valence-electron chi connectivity index (χ3n) is 2.73. The maximum atomic E-state index is 3.26. The maximum absolute atomic E-state index is 3.26. The van der Waals surface area contributed by atoms with E-state index in [1.165, 1.54) is 22.6 Å². The summed E-state index contributed by atoms with van der Waals surface area (Å²) in [4.78, 5) is 3.26. The van der Waals surface area contributed by atoms with Crippen LogP contribution < -0.4 is 10.6 Å². The molecular formula is C12H15N. The minimum atomic E-state index is 0.594. The molecule has 2 rings (SSSR count). The number of aromatic nitrogens is 1. The summed E-state index contributed by atoms with van der Waals surface area (Å²) in [6.07, 6.45) is 9.91. The van der Waals surface area contributed by atoms with Gasteiger partial charge in [-0.2, -0.15) is 0 Å². The van der Waals surface area contributed by atoms with Crippen molar-refractivity contribution < 1.29 is 0 Å². The summed E-state index contributed by atoms with van der Waals surface area (Å²) in [5, 5.41) is 2.57. The number of H-pyrrole nitrogens is 1. The average molecular weight is 173 g/mol. The van der Waals surface area contributed by atoms with E-state index in [2.05, 4.69) is 43.1 Å². The van der Waals surface area contributed by atoms with Crippen LogP contribution in [0.5, 0.6) is 0 Å². The van der Waals surface area contributed by atoms with Crippen molar-refractivity contribution in [2.45, 2.75) is 20.3 Å². The van der Waals surface area contributed by atoms with Crippen LogP contribution in [0.1, 0.15) is 20.3 Å². The second-order valence-corrected chi connectivity index (χ2v) is 3.61. The predicted octanol–water partition coefficient (Wildman–Crippen LogP) is 1.56. The summed E-state index contributed by atoms with van der Waals surface area (Å²) in [5.74, 6) is 0.594. The molecule has 68 valence electrons. The Morgan fingerprint density at radius 3 is 3.00 bits per heavy atom. The normalized spacial score (nSPS) is 20.8. The number of rotatable bonds is 1. The topological polar surface area (TPSA) is 15.8 Å². The molecule has 0 fully saturated rings. The van der Waals surface area contributed by atoms with Gasteiger partial charge in [0.25, 0.3) is 0 Å². The van der Waals surface area contributed by atoms with E-state index in [1.54, 1.807) is 0 Å². The lowest BCUT2D eigenvalue weighted by Crippen LogP contribution is -2.22. The number of hydrogen-bond donors (Lipinski definition) is 1. The minimum absolute atomic E-state index is 0.594. The quantitative estimate of drug-likeness (QED) is 0.663. The molecule has 0 saturated carbocycles. The fourth-order valence-corrected chi connectivity index (χ4v) is 1.80. The van der Waals surface area contributed by atoms with Crippen molar-refractivity contribution in [3.63, 3.8) is 0 Å². The van der Waals surface area contributed by atoms with Crippen LogP contribution in [0.4, 0.5) is 0 Å². The Balaban J connectivity index is 2.61. The van der Waals surface area contributed by atoms with E-state index in [0.717, 1.165) is 0 Å². The molecule has 0 aliphatic heterocycles. The third kappa shape index (κ3) is 1.46. The summed E-state index contributed by atoms with van der Waals surface area (Å²) in [6, 6.07) is 2.12. The lowest BCUT2D eigenvalue weighted by molar-refractivity contribution is 0.762.